The Morgan fingerprint density at radius 3 is 2.55 bits per heavy atom. The van der Waals surface area contributed by atoms with Crippen molar-refractivity contribution in [3.63, 3.8) is 0 Å². The molecular formula is C26H20INO5. The Kier molecular flexibility index (Phi) is 6.88. The zero-order valence-corrected chi connectivity index (χ0v) is 20.2. The fourth-order valence-corrected chi connectivity index (χ4v) is 4.08. The van der Waals surface area contributed by atoms with Crippen LogP contribution in [0, 0.1) is 10.5 Å². The molecule has 1 aliphatic rings. The summed E-state index contributed by atoms with van der Waals surface area (Å²) in [6.45, 7) is 1.81. The van der Waals surface area contributed by atoms with Gasteiger partial charge in [-0.15, -0.1) is 0 Å². The van der Waals surface area contributed by atoms with E-state index in [1.54, 1.807) is 36.4 Å². The number of esters is 1. The van der Waals surface area contributed by atoms with Gasteiger partial charge in [-0.1, -0.05) is 48.5 Å². The topological polar surface area (TPSA) is 74.2 Å². The summed E-state index contributed by atoms with van der Waals surface area (Å²) in [5.74, 6) is 0.541. The van der Waals surface area contributed by atoms with Gasteiger partial charge < -0.3 is 14.2 Å². The molecule has 0 radical (unpaired) electrons. The molecule has 4 rings (SSSR count). The maximum atomic E-state index is 12.4. The molecule has 0 unspecified atom stereocenters. The molecule has 0 spiro atoms. The number of hydrogen-bond acceptors (Lipinski definition) is 6. The van der Waals surface area contributed by atoms with Crippen molar-refractivity contribution in [2.75, 3.05) is 13.7 Å². The summed E-state index contributed by atoms with van der Waals surface area (Å²) in [6, 6.07) is 20.1. The molecule has 3 aromatic carbocycles. The zero-order valence-electron chi connectivity index (χ0n) is 18.0. The second kappa shape index (κ2) is 9.99. The van der Waals surface area contributed by atoms with Crippen LogP contribution in [-0.4, -0.2) is 31.4 Å². The van der Waals surface area contributed by atoms with Crippen molar-refractivity contribution < 1.29 is 23.8 Å². The number of benzene rings is 3. The Morgan fingerprint density at radius 2 is 1.82 bits per heavy atom. The summed E-state index contributed by atoms with van der Waals surface area (Å²) < 4.78 is 17.4. The van der Waals surface area contributed by atoms with Gasteiger partial charge in [0.25, 0.3) is 0 Å². The van der Waals surface area contributed by atoms with Crippen LogP contribution in [0.3, 0.4) is 0 Å². The maximum Gasteiger partial charge on any atom is 0.363 e. The smallest absolute Gasteiger partial charge is 0.363 e. The lowest BCUT2D eigenvalue weighted by molar-refractivity contribution is -0.129. The van der Waals surface area contributed by atoms with Crippen molar-refractivity contribution in [3.05, 3.63) is 98.3 Å². The van der Waals surface area contributed by atoms with Crippen LogP contribution in [0.15, 0.2) is 77.4 Å². The van der Waals surface area contributed by atoms with E-state index < -0.39 is 5.97 Å². The van der Waals surface area contributed by atoms with Crippen LogP contribution >= 0.6 is 22.6 Å². The second-order valence-electron chi connectivity index (χ2n) is 7.26. The van der Waals surface area contributed by atoms with Gasteiger partial charge in [-0.05, 0) is 64.9 Å². The molecule has 0 atom stereocenters. The Labute approximate surface area is 205 Å². The summed E-state index contributed by atoms with van der Waals surface area (Å²) in [7, 11) is 1.52. The van der Waals surface area contributed by atoms with Crippen LogP contribution in [0.4, 0.5) is 0 Å². The number of hydrogen-bond donors (Lipinski definition) is 0. The number of cyclic esters (lactones) is 1. The molecule has 0 aliphatic carbocycles. The van der Waals surface area contributed by atoms with Gasteiger partial charge >= 0.3 is 5.97 Å². The summed E-state index contributed by atoms with van der Waals surface area (Å²) in [6.07, 6.45) is 1.64. The molecule has 0 saturated carbocycles. The van der Waals surface area contributed by atoms with E-state index in [0.717, 1.165) is 14.7 Å². The molecule has 0 N–H and O–H groups in total. The number of aryl methyl sites for hydroxylation is 1. The van der Waals surface area contributed by atoms with Crippen LogP contribution < -0.4 is 9.47 Å². The van der Waals surface area contributed by atoms with Crippen LogP contribution in [0.5, 0.6) is 11.5 Å². The highest BCUT2D eigenvalue weighted by Crippen LogP contribution is 2.35. The van der Waals surface area contributed by atoms with Gasteiger partial charge in [0, 0.05) is 11.1 Å². The predicted octanol–water partition coefficient (Wildman–Crippen LogP) is 5.21. The molecule has 33 heavy (non-hydrogen) atoms. The number of Topliss-reactive ketones (excluding diaryl/α,β-unsaturated/α-hetero) is 1. The number of nitrogens with zero attached hydrogens (tertiary/aromatic N) is 1. The first kappa shape index (κ1) is 22.7. The number of halogens is 1. The lowest BCUT2D eigenvalue weighted by atomic mass is 10.1. The highest BCUT2D eigenvalue weighted by molar-refractivity contribution is 14.1. The molecule has 0 amide bonds. The maximum absolute atomic E-state index is 12.4. The Bertz CT molecular complexity index is 1280. The number of ketones is 1. The summed E-state index contributed by atoms with van der Waals surface area (Å²) in [5, 5.41) is 0. The lowest BCUT2D eigenvalue weighted by Crippen LogP contribution is -2.12. The third-order valence-corrected chi connectivity index (χ3v) is 5.80. The van der Waals surface area contributed by atoms with Gasteiger partial charge in [-0.2, -0.15) is 0 Å². The normalized spacial score (nSPS) is 14.1. The third-order valence-electron chi connectivity index (χ3n) is 4.99. The molecule has 166 valence electrons. The first-order valence-corrected chi connectivity index (χ1v) is 11.2. The van der Waals surface area contributed by atoms with Gasteiger partial charge in [0.15, 0.2) is 29.6 Å². The minimum Gasteiger partial charge on any atom is -0.493 e. The number of methoxy groups -OCH3 is 1. The van der Waals surface area contributed by atoms with E-state index in [1.165, 1.54) is 7.11 Å². The predicted molar refractivity (Wildman–Crippen MR) is 134 cm³/mol. The SMILES string of the molecule is COc1cc(/C=C2\N=C(c3ccccc3C)OC2=O)cc(I)c1OCC(=O)c1ccccc1. The van der Waals surface area contributed by atoms with Crippen LogP contribution in [0.2, 0.25) is 0 Å². The van der Waals surface area contributed by atoms with E-state index >= 15 is 0 Å². The molecule has 0 fully saturated rings. The first-order chi connectivity index (χ1) is 16.0. The van der Waals surface area contributed by atoms with Gasteiger partial charge in [0.05, 0.1) is 10.7 Å². The van der Waals surface area contributed by atoms with E-state index in [-0.39, 0.29) is 24.0 Å². The third kappa shape index (κ3) is 5.14. The molecule has 0 saturated heterocycles. The quantitative estimate of drug-likeness (QED) is 0.174. The Balaban J connectivity index is 1.57. The Hall–Kier alpha value is -3.46. The zero-order chi connectivity index (χ0) is 23.4. The van der Waals surface area contributed by atoms with Crippen molar-refractivity contribution in [2.24, 2.45) is 4.99 Å². The van der Waals surface area contributed by atoms with Gasteiger partial charge in [-0.25, -0.2) is 9.79 Å². The minimum absolute atomic E-state index is 0.118. The average molecular weight is 553 g/mol. The number of ether oxygens (including phenoxy) is 3. The second-order valence-corrected chi connectivity index (χ2v) is 8.43. The largest absolute Gasteiger partial charge is 0.493 e. The molecule has 0 bridgehead atoms. The summed E-state index contributed by atoms with van der Waals surface area (Å²) >= 11 is 2.11. The van der Waals surface area contributed by atoms with Gasteiger partial charge in [0.2, 0.25) is 5.90 Å². The van der Waals surface area contributed by atoms with Gasteiger partial charge in [-0.3, -0.25) is 4.79 Å². The van der Waals surface area contributed by atoms with Crippen LogP contribution in [0.25, 0.3) is 6.08 Å². The molecule has 0 aromatic heterocycles. The fraction of sp³-hybridized carbons (Fsp3) is 0.115. The minimum atomic E-state index is -0.518. The monoisotopic (exact) mass is 553 g/mol. The number of rotatable bonds is 7. The molecule has 3 aromatic rings. The van der Waals surface area contributed by atoms with E-state index in [4.69, 9.17) is 14.2 Å². The molecule has 6 nitrogen and oxygen atoms in total. The van der Waals surface area contributed by atoms with E-state index in [1.807, 2.05) is 43.3 Å². The summed E-state index contributed by atoms with van der Waals surface area (Å²) in [4.78, 5) is 29.2. The number of carbonyl (C=O) groups excluding carboxylic acids is 2. The highest BCUT2D eigenvalue weighted by atomic mass is 127. The first-order valence-electron chi connectivity index (χ1n) is 10.1. The van der Waals surface area contributed by atoms with Crippen LogP contribution in [0.1, 0.15) is 27.0 Å². The Morgan fingerprint density at radius 1 is 1.09 bits per heavy atom. The van der Waals surface area contributed by atoms with Crippen molar-refractivity contribution in [3.8, 4) is 11.5 Å². The van der Waals surface area contributed by atoms with Crippen molar-refractivity contribution in [2.45, 2.75) is 6.92 Å². The average Bonchev–Trinajstić information content (AvgIpc) is 3.18. The molecule has 7 heteroatoms. The number of aliphatic imine (C=N–C) groups is 1. The van der Waals surface area contributed by atoms with E-state index in [2.05, 4.69) is 27.6 Å². The molecule has 1 heterocycles. The van der Waals surface area contributed by atoms with Crippen LogP contribution in [-0.2, 0) is 9.53 Å². The fourth-order valence-electron chi connectivity index (χ4n) is 3.30. The highest BCUT2D eigenvalue weighted by Gasteiger charge is 2.25. The summed E-state index contributed by atoms with van der Waals surface area (Å²) in [5.41, 5.74) is 3.20. The molecule has 1 aliphatic heterocycles. The van der Waals surface area contributed by atoms with E-state index in [9.17, 15) is 9.59 Å². The molecular weight excluding hydrogens is 533 g/mol. The van der Waals surface area contributed by atoms with Crippen molar-refractivity contribution >= 4 is 46.3 Å². The lowest BCUT2D eigenvalue weighted by Gasteiger charge is -2.13. The van der Waals surface area contributed by atoms with Crippen molar-refractivity contribution in [1.82, 2.24) is 0 Å². The van der Waals surface area contributed by atoms with E-state index in [0.29, 0.717) is 22.6 Å². The standard InChI is InChI=1S/C26H20INO5/c1-16-8-6-7-11-19(16)25-28-21(26(30)33-25)13-17-12-20(27)24(23(14-17)31-2)32-15-22(29)18-9-4-3-5-10-18/h3-14H,15H2,1-2H3/b21-13-. The van der Waals surface area contributed by atoms with Crippen molar-refractivity contribution in [1.29, 1.82) is 0 Å². The number of carbonyl (C=O) groups is 2. The van der Waals surface area contributed by atoms with Gasteiger partial charge in [0.1, 0.15) is 0 Å².